The smallest absolute Gasteiger partial charge is 0.243 e. The third kappa shape index (κ3) is 4.35. The molecule has 0 unspecified atom stereocenters. The maximum Gasteiger partial charge on any atom is 0.243 e. The van der Waals surface area contributed by atoms with E-state index in [9.17, 15) is 4.79 Å². The van der Waals surface area contributed by atoms with Gasteiger partial charge in [0.05, 0.1) is 13.3 Å². The Bertz CT molecular complexity index is 725. The van der Waals surface area contributed by atoms with Gasteiger partial charge in [-0.1, -0.05) is 30.3 Å². The summed E-state index contributed by atoms with van der Waals surface area (Å²) in [5.74, 6) is 1.43. The molecule has 0 bridgehead atoms. The monoisotopic (exact) mass is 324 g/mol. The number of benzene rings is 2. The van der Waals surface area contributed by atoms with Crippen molar-refractivity contribution in [2.45, 2.75) is 19.4 Å². The lowest BCUT2D eigenvalue weighted by atomic mass is 10.2. The highest BCUT2D eigenvalue weighted by Gasteiger charge is 2.29. The fourth-order valence-electron chi connectivity index (χ4n) is 2.23. The molecule has 0 aliphatic heterocycles. The normalized spacial score (nSPS) is 13.7. The van der Waals surface area contributed by atoms with Crippen LogP contribution in [0.3, 0.4) is 0 Å². The zero-order valence-electron chi connectivity index (χ0n) is 13.6. The number of nitrogens with zero attached hydrogens (tertiary/aromatic N) is 1. The van der Waals surface area contributed by atoms with Crippen LogP contribution in [0.15, 0.2) is 53.6 Å². The molecule has 1 aliphatic rings. The second-order valence-electron chi connectivity index (χ2n) is 5.69. The zero-order valence-corrected chi connectivity index (χ0v) is 13.6. The number of hydrogen-bond donors (Lipinski definition) is 1. The van der Waals surface area contributed by atoms with Crippen LogP contribution in [0.1, 0.15) is 24.0 Å². The Morgan fingerprint density at radius 1 is 1.21 bits per heavy atom. The molecule has 1 aliphatic carbocycles. The SMILES string of the molecule is COc1cc(/C=N\NC(=O)C2CC2)ccc1OCc1ccccc1. The summed E-state index contributed by atoms with van der Waals surface area (Å²) in [7, 11) is 1.60. The molecule has 124 valence electrons. The molecule has 0 heterocycles. The van der Waals surface area contributed by atoms with Crippen LogP contribution in [0.25, 0.3) is 0 Å². The van der Waals surface area contributed by atoms with Crippen molar-refractivity contribution >= 4 is 12.1 Å². The molecule has 0 spiro atoms. The van der Waals surface area contributed by atoms with E-state index < -0.39 is 0 Å². The van der Waals surface area contributed by atoms with E-state index >= 15 is 0 Å². The van der Waals surface area contributed by atoms with Crippen LogP contribution in [0.5, 0.6) is 11.5 Å². The van der Waals surface area contributed by atoms with Gasteiger partial charge in [-0.05, 0) is 42.2 Å². The number of rotatable bonds is 7. The van der Waals surface area contributed by atoms with Crippen molar-refractivity contribution < 1.29 is 14.3 Å². The predicted molar refractivity (Wildman–Crippen MR) is 92.2 cm³/mol. The lowest BCUT2D eigenvalue weighted by Gasteiger charge is -2.11. The fraction of sp³-hybridized carbons (Fsp3) is 0.263. The molecule has 3 rings (SSSR count). The van der Waals surface area contributed by atoms with E-state index in [1.54, 1.807) is 13.3 Å². The summed E-state index contributed by atoms with van der Waals surface area (Å²) >= 11 is 0. The highest BCUT2D eigenvalue weighted by Crippen LogP contribution is 2.29. The van der Waals surface area contributed by atoms with Crippen molar-refractivity contribution in [3.63, 3.8) is 0 Å². The molecule has 0 atom stereocenters. The Kier molecular flexibility index (Phi) is 5.11. The summed E-state index contributed by atoms with van der Waals surface area (Å²) in [4.78, 5) is 11.5. The third-order valence-corrected chi connectivity index (χ3v) is 3.76. The van der Waals surface area contributed by atoms with Gasteiger partial charge in [-0.2, -0.15) is 5.10 Å². The highest BCUT2D eigenvalue weighted by molar-refractivity contribution is 5.84. The predicted octanol–water partition coefficient (Wildman–Crippen LogP) is 3.13. The van der Waals surface area contributed by atoms with Gasteiger partial charge in [-0.15, -0.1) is 0 Å². The minimum atomic E-state index is -0.0129. The molecule has 0 radical (unpaired) electrons. The van der Waals surface area contributed by atoms with Gasteiger partial charge >= 0.3 is 0 Å². The van der Waals surface area contributed by atoms with E-state index in [1.165, 1.54) is 0 Å². The summed E-state index contributed by atoms with van der Waals surface area (Å²) in [6.45, 7) is 0.474. The third-order valence-electron chi connectivity index (χ3n) is 3.76. The Balaban J connectivity index is 1.61. The molecule has 0 saturated heterocycles. The first-order valence-electron chi connectivity index (χ1n) is 7.94. The minimum absolute atomic E-state index is 0.0129. The quantitative estimate of drug-likeness (QED) is 0.629. The topological polar surface area (TPSA) is 59.9 Å². The molecule has 1 fully saturated rings. The van der Waals surface area contributed by atoms with E-state index in [2.05, 4.69) is 10.5 Å². The number of amides is 1. The van der Waals surface area contributed by atoms with Gasteiger partial charge in [0.25, 0.3) is 0 Å². The van der Waals surface area contributed by atoms with E-state index in [0.717, 1.165) is 24.0 Å². The van der Waals surface area contributed by atoms with Crippen LogP contribution < -0.4 is 14.9 Å². The number of methoxy groups -OCH3 is 1. The van der Waals surface area contributed by atoms with Crippen LogP contribution in [-0.2, 0) is 11.4 Å². The summed E-state index contributed by atoms with van der Waals surface area (Å²) in [6, 6.07) is 15.5. The van der Waals surface area contributed by atoms with E-state index in [4.69, 9.17) is 9.47 Å². The van der Waals surface area contributed by atoms with E-state index in [0.29, 0.717) is 18.1 Å². The standard InChI is InChI=1S/C19H20N2O3/c1-23-18-11-15(12-20-21-19(22)16-8-9-16)7-10-17(18)24-13-14-5-3-2-4-6-14/h2-7,10-12,16H,8-9,13H2,1H3,(H,21,22)/b20-12-. The second kappa shape index (κ2) is 7.64. The Morgan fingerprint density at radius 2 is 2.00 bits per heavy atom. The highest BCUT2D eigenvalue weighted by atomic mass is 16.5. The van der Waals surface area contributed by atoms with Gasteiger partial charge in [0.2, 0.25) is 5.91 Å². The van der Waals surface area contributed by atoms with E-state index in [1.807, 2.05) is 48.5 Å². The summed E-state index contributed by atoms with van der Waals surface area (Å²) < 4.78 is 11.2. The number of carbonyl (C=O) groups is 1. The lowest BCUT2D eigenvalue weighted by molar-refractivity contribution is -0.122. The first-order chi connectivity index (χ1) is 11.8. The number of hydrogen-bond acceptors (Lipinski definition) is 4. The van der Waals surface area contributed by atoms with Crippen LogP contribution in [0.4, 0.5) is 0 Å². The molecule has 0 aromatic heterocycles. The maximum absolute atomic E-state index is 11.5. The van der Waals surface area contributed by atoms with Crippen molar-refractivity contribution in [3.05, 3.63) is 59.7 Å². The first-order valence-corrected chi connectivity index (χ1v) is 7.94. The average Bonchev–Trinajstić information content (AvgIpc) is 3.46. The summed E-state index contributed by atoms with van der Waals surface area (Å²) in [5, 5.41) is 3.98. The average molecular weight is 324 g/mol. The van der Waals surface area contributed by atoms with Crippen molar-refractivity contribution in [1.82, 2.24) is 5.43 Å². The van der Waals surface area contributed by atoms with E-state index in [-0.39, 0.29) is 11.8 Å². The molecule has 24 heavy (non-hydrogen) atoms. The molecule has 5 nitrogen and oxygen atoms in total. The Labute approximate surface area is 141 Å². The minimum Gasteiger partial charge on any atom is -0.493 e. The van der Waals surface area contributed by atoms with Gasteiger partial charge in [-0.25, -0.2) is 5.43 Å². The number of ether oxygens (including phenoxy) is 2. The van der Waals surface area contributed by atoms with Crippen molar-refractivity contribution in [2.75, 3.05) is 7.11 Å². The van der Waals surface area contributed by atoms with Gasteiger partial charge < -0.3 is 9.47 Å². The van der Waals surface area contributed by atoms with Gasteiger partial charge in [0.1, 0.15) is 6.61 Å². The molecular weight excluding hydrogens is 304 g/mol. The zero-order chi connectivity index (χ0) is 16.8. The maximum atomic E-state index is 11.5. The van der Waals surface area contributed by atoms with Crippen LogP contribution >= 0.6 is 0 Å². The number of carbonyl (C=O) groups excluding carboxylic acids is 1. The summed E-state index contributed by atoms with van der Waals surface area (Å²) in [5.41, 5.74) is 4.47. The second-order valence-corrected chi connectivity index (χ2v) is 5.69. The Hall–Kier alpha value is -2.82. The number of hydrazone groups is 1. The summed E-state index contributed by atoms with van der Waals surface area (Å²) in [6.07, 6.45) is 3.52. The van der Waals surface area contributed by atoms with Gasteiger partial charge in [-0.3, -0.25) is 4.79 Å². The molecule has 2 aromatic rings. The molecule has 1 amide bonds. The molecule has 2 aromatic carbocycles. The first kappa shape index (κ1) is 16.1. The van der Waals surface area contributed by atoms with Crippen molar-refractivity contribution in [1.29, 1.82) is 0 Å². The van der Waals surface area contributed by atoms with Crippen LogP contribution in [0, 0.1) is 5.92 Å². The van der Waals surface area contributed by atoms with Gasteiger partial charge in [0.15, 0.2) is 11.5 Å². The molecule has 5 heteroatoms. The fourth-order valence-corrected chi connectivity index (χ4v) is 2.23. The molecule has 1 saturated carbocycles. The largest absolute Gasteiger partial charge is 0.493 e. The Morgan fingerprint density at radius 3 is 2.71 bits per heavy atom. The number of nitrogens with one attached hydrogen (secondary N) is 1. The van der Waals surface area contributed by atoms with Crippen molar-refractivity contribution in [3.8, 4) is 11.5 Å². The van der Waals surface area contributed by atoms with Gasteiger partial charge in [0, 0.05) is 5.92 Å². The molecule has 1 N–H and O–H groups in total. The lowest BCUT2D eigenvalue weighted by Crippen LogP contribution is -2.18. The molecular formula is C19H20N2O3. The van der Waals surface area contributed by atoms with Crippen LogP contribution in [0.2, 0.25) is 0 Å². The van der Waals surface area contributed by atoms with Crippen molar-refractivity contribution in [2.24, 2.45) is 11.0 Å². The van der Waals surface area contributed by atoms with Crippen LogP contribution in [-0.4, -0.2) is 19.2 Å².